The summed E-state index contributed by atoms with van der Waals surface area (Å²) in [6.07, 6.45) is 0. The highest BCUT2D eigenvalue weighted by Crippen LogP contribution is 2.58. The molecule has 1 aromatic heterocycles. The molecule has 1 aromatic carbocycles. The van der Waals surface area contributed by atoms with E-state index in [1.807, 2.05) is 6.07 Å². The minimum atomic E-state index is -3.18. The van der Waals surface area contributed by atoms with Gasteiger partial charge in [-0.25, -0.2) is 0 Å². The highest BCUT2D eigenvalue weighted by Gasteiger charge is 2.37. The standard InChI is InChI=1S/C13H15ClNO3PS/c1-3-18-19(2,17)12(13(15)16)10-7-20-11-5-4-8(14)6-9(10)11/h4-7,12H,3H2,1-2H3,(H2,15,16)/t12-,19-/m0/s1. The molecule has 108 valence electrons. The van der Waals surface area contributed by atoms with E-state index in [0.717, 1.165) is 10.1 Å². The average Bonchev–Trinajstić information content (AvgIpc) is 2.71. The van der Waals surface area contributed by atoms with Crippen LogP contribution in [0.5, 0.6) is 0 Å². The molecule has 4 nitrogen and oxygen atoms in total. The number of amides is 1. The summed E-state index contributed by atoms with van der Waals surface area (Å²) in [5, 5.41) is 3.15. The number of primary amides is 1. The molecule has 0 bridgehead atoms. The van der Waals surface area contributed by atoms with Crippen molar-refractivity contribution in [3.63, 3.8) is 0 Å². The maximum atomic E-state index is 12.6. The molecule has 1 heterocycles. The third-order valence-corrected chi connectivity index (χ3v) is 6.44. The Morgan fingerprint density at radius 1 is 1.55 bits per heavy atom. The molecule has 2 rings (SSSR count). The van der Waals surface area contributed by atoms with Gasteiger partial charge in [0.1, 0.15) is 5.66 Å². The van der Waals surface area contributed by atoms with Crippen molar-refractivity contribution in [1.82, 2.24) is 0 Å². The van der Waals surface area contributed by atoms with Crippen LogP contribution < -0.4 is 5.73 Å². The lowest BCUT2D eigenvalue weighted by atomic mass is 10.1. The third-order valence-electron chi connectivity index (χ3n) is 2.98. The number of carbonyl (C=O) groups excluding carboxylic acids is 1. The molecule has 0 aliphatic rings. The van der Waals surface area contributed by atoms with Crippen LogP contribution in [0, 0.1) is 0 Å². The molecule has 0 saturated heterocycles. The number of hydrogen-bond donors (Lipinski definition) is 1. The largest absolute Gasteiger partial charge is 0.369 e. The molecular formula is C13H15ClNO3PS. The van der Waals surface area contributed by atoms with Crippen LogP contribution in [0.1, 0.15) is 18.1 Å². The van der Waals surface area contributed by atoms with Crippen LogP contribution >= 0.6 is 30.3 Å². The first-order chi connectivity index (χ1) is 9.36. The Hall–Kier alpha value is -0.870. The molecule has 0 unspecified atom stereocenters. The van der Waals surface area contributed by atoms with E-state index >= 15 is 0 Å². The first-order valence-corrected chi connectivity index (χ1v) is 9.44. The maximum Gasteiger partial charge on any atom is 0.234 e. The van der Waals surface area contributed by atoms with Crippen LogP contribution in [-0.4, -0.2) is 19.2 Å². The van der Waals surface area contributed by atoms with Crippen LogP contribution in [0.15, 0.2) is 23.6 Å². The fourth-order valence-corrected chi connectivity index (χ4v) is 5.28. The molecule has 0 spiro atoms. The lowest BCUT2D eigenvalue weighted by Gasteiger charge is -2.21. The van der Waals surface area contributed by atoms with Gasteiger partial charge < -0.3 is 10.3 Å². The van der Waals surface area contributed by atoms with Gasteiger partial charge in [-0.2, -0.15) is 0 Å². The average molecular weight is 332 g/mol. The van der Waals surface area contributed by atoms with E-state index in [1.54, 1.807) is 24.4 Å². The molecule has 1 amide bonds. The van der Waals surface area contributed by atoms with Crippen molar-refractivity contribution in [1.29, 1.82) is 0 Å². The second-order valence-electron chi connectivity index (χ2n) is 4.46. The van der Waals surface area contributed by atoms with Crippen molar-refractivity contribution < 1.29 is 13.9 Å². The molecule has 7 heteroatoms. The zero-order valence-electron chi connectivity index (χ0n) is 11.1. The lowest BCUT2D eigenvalue weighted by Crippen LogP contribution is -2.22. The molecule has 0 fully saturated rings. The normalized spacial score (nSPS) is 15.9. The minimum absolute atomic E-state index is 0.264. The van der Waals surface area contributed by atoms with Crippen LogP contribution in [0.3, 0.4) is 0 Å². The topological polar surface area (TPSA) is 69.4 Å². The predicted molar refractivity (Wildman–Crippen MR) is 83.9 cm³/mol. The second-order valence-corrected chi connectivity index (χ2v) is 8.40. The summed E-state index contributed by atoms with van der Waals surface area (Å²) in [5.41, 5.74) is 5.13. The molecule has 2 atom stereocenters. The molecule has 0 aliphatic carbocycles. The van der Waals surface area contributed by atoms with Gasteiger partial charge >= 0.3 is 0 Å². The molecule has 2 N–H and O–H groups in total. The summed E-state index contributed by atoms with van der Waals surface area (Å²) >= 11 is 7.45. The number of carbonyl (C=O) groups is 1. The molecule has 2 aromatic rings. The number of halogens is 1. The number of fused-ring (bicyclic) bond motifs is 1. The second kappa shape index (κ2) is 5.86. The van der Waals surface area contributed by atoms with Crippen molar-refractivity contribution in [2.45, 2.75) is 12.6 Å². The monoisotopic (exact) mass is 331 g/mol. The molecule has 0 aliphatic heterocycles. The van der Waals surface area contributed by atoms with Crippen LogP contribution in [0.2, 0.25) is 5.02 Å². The molecule has 20 heavy (non-hydrogen) atoms. The first-order valence-electron chi connectivity index (χ1n) is 6.04. The van der Waals surface area contributed by atoms with Gasteiger partial charge in [0.15, 0.2) is 0 Å². The van der Waals surface area contributed by atoms with E-state index in [4.69, 9.17) is 21.9 Å². The third kappa shape index (κ3) is 2.91. The van der Waals surface area contributed by atoms with E-state index in [9.17, 15) is 9.36 Å². The van der Waals surface area contributed by atoms with E-state index in [2.05, 4.69) is 0 Å². The fourth-order valence-electron chi connectivity index (χ4n) is 2.20. The number of benzene rings is 1. The fraction of sp³-hybridized carbons (Fsp3) is 0.308. The van der Waals surface area contributed by atoms with Crippen molar-refractivity contribution in [3.05, 3.63) is 34.2 Å². The van der Waals surface area contributed by atoms with Crippen molar-refractivity contribution in [2.75, 3.05) is 13.3 Å². The smallest absolute Gasteiger partial charge is 0.234 e. The predicted octanol–water partition coefficient (Wildman–Crippen LogP) is 4.03. The number of rotatable bonds is 5. The van der Waals surface area contributed by atoms with Crippen molar-refractivity contribution in [2.24, 2.45) is 5.73 Å². The summed E-state index contributed by atoms with van der Waals surface area (Å²) in [6, 6.07) is 5.40. The van der Waals surface area contributed by atoms with Crippen molar-refractivity contribution >= 4 is 46.3 Å². The quantitative estimate of drug-likeness (QED) is 0.841. The summed E-state index contributed by atoms with van der Waals surface area (Å²) in [7, 11) is -3.18. The summed E-state index contributed by atoms with van der Waals surface area (Å²) in [5.74, 6) is -0.649. The minimum Gasteiger partial charge on any atom is -0.369 e. The van der Waals surface area contributed by atoms with Gasteiger partial charge in [0.05, 0.1) is 6.61 Å². The van der Waals surface area contributed by atoms with E-state index in [-0.39, 0.29) is 6.61 Å². The summed E-state index contributed by atoms with van der Waals surface area (Å²) in [4.78, 5) is 11.8. The van der Waals surface area contributed by atoms with E-state index in [1.165, 1.54) is 18.0 Å². The number of hydrogen-bond acceptors (Lipinski definition) is 4. The zero-order valence-corrected chi connectivity index (χ0v) is 13.6. The Morgan fingerprint density at radius 3 is 2.85 bits per heavy atom. The van der Waals surface area contributed by atoms with Gasteiger partial charge in [0.25, 0.3) is 0 Å². The number of nitrogens with two attached hydrogens (primary N) is 1. The molecular weight excluding hydrogens is 317 g/mol. The van der Waals surface area contributed by atoms with Crippen LogP contribution in [0.4, 0.5) is 0 Å². The first kappa shape index (κ1) is 15.5. The molecule has 0 saturated carbocycles. The van der Waals surface area contributed by atoms with Gasteiger partial charge in [-0.15, -0.1) is 11.3 Å². The highest BCUT2D eigenvalue weighted by atomic mass is 35.5. The van der Waals surface area contributed by atoms with E-state index < -0.39 is 18.9 Å². The maximum absolute atomic E-state index is 12.6. The Kier molecular flexibility index (Phi) is 4.55. The summed E-state index contributed by atoms with van der Waals surface area (Å²) < 4.78 is 18.9. The Balaban J connectivity index is 2.61. The Bertz CT molecular complexity index is 700. The lowest BCUT2D eigenvalue weighted by molar-refractivity contribution is -0.117. The molecule has 0 radical (unpaired) electrons. The van der Waals surface area contributed by atoms with Gasteiger partial charge in [-0.05, 0) is 41.5 Å². The van der Waals surface area contributed by atoms with Gasteiger partial charge in [-0.1, -0.05) is 11.6 Å². The number of thiophene rings is 1. The van der Waals surface area contributed by atoms with Gasteiger partial charge in [-0.3, -0.25) is 9.36 Å². The Morgan fingerprint density at radius 2 is 2.25 bits per heavy atom. The summed E-state index contributed by atoms with van der Waals surface area (Å²) in [6.45, 7) is 3.44. The van der Waals surface area contributed by atoms with E-state index in [0.29, 0.717) is 10.6 Å². The van der Waals surface area contributed by atoms with Crippen LogP contribution in [0.25, 0.3) is 10.1 Å². The van der Waals surface area contributed by atoms with Crippen molar-refractivity contribution in [3.8, 4) is 0 Å². The Labute approximate surface area is 126 Å². The highest BCUT2D eigenvalue weighted by molar-refractivity contribution is 7.59. The van der Waals surface area contributed by atoms with Gasteiger partial charge in [0.2, 0.25) is 13.3 Å². The zero-order chi connectivity index (χ0) is 14.9. The SMILES string of the molecule is CCO[P@](C)(=O)[C@H](C(N)=O)c1csc2ccc(Cl)cc12. The van der Waals surface area contributed by atoms with Crippen LogP contribution in [-0.2, 0) is 13.9 Å². The van der Waals surface area contributed by atoms with Gasteiger partial charge in [0, 0.05) is 16.4 Å².